The number of aliphatic hydroxyl groups excluding tert-OH is 2. The number of halogens is 2. The number of benzene rings is 2. The molecule has 408 valence electrons. The molecule has 14 atom stereocenters. The molecule has 19 heteroatoms. The number of aromatic hydroxyl groups is 1. The summed E-state index contributed by atoms with van der Waals surface area (Å²) >= 11 is 1.28. The maximum absolute atomic E-state index is 18.0. The van der Waals surface area contributed by atoms with Gasteiger partial charge in [-0.1, -0.05) is 88.2 Å². The molecular weight excluding hydrogens is 991 g/mol. The fraction of sp³-hybridized carbons (Fsp3) is 0.571. The van der Waals surface area contributed by atoms with Crippen molar-refractivity contribution in [3.8, 4) is 5.75 Å². The Morgan fingerprint density at radius 2 is 1.64 bits per heavy atom. The molecule has 0 aromatic heterocycles. The largest absolute Gasteiger partial charge is 0.506 e. The summed E-state index contributed by atoms with van der Waals surface area (Å²) in [5.41, 5.74) is -3.48. The second-order valence-corrected chi connectivity index (χ2v) is 23.0. The number of hydrogen-bond donors (Lipinski definition) is 8. The molecule has 1 saturated heterocycles. The Kier molecular flexibility index (Phi) is 17.6. The van der Waals surface area contributed by atoms with Crippen LogP contribution in [0.1, 0.15) is 123 Å². The van der Waals surface area contributed by atoms with Gasteiger partial charge in [-0.3, -0.25) is 28.8 Å². The number of Topliss-reactive ketones (excluding diaryl/α,β-unsaturated/α-hetero) is 1. The Morgan fingerprint density at radius 3 is 2.31 bits per heavy atom. The number of aliphatic carboxylic acids is 1. The van der Waals surface area contributed by atoms with Crippen LogP contribution in [0.15, 0.2) is 77.9 Å². The number of nitrogens with one attached hydrogen (secondary N) is 4. The third kappa shape index (κ3) is 11.1. The van der Waals surface area contributed by atoms with Crippen LogP contribution in [0.4, 0.5) is 14.5 Å². The first-order valence-electron chi connectivity index (χ1n) is 26.0. The molecule has 3 saturated carbocycles. The zero-order valence-electron chi connectivity index (χ0n) is 43.6. The summed E-state index contributed by atoms with van der Waals surface area (Å²) in [4.78, 5) is 77.1. The summed E-state index contributed by atoms with van der Waals surface area (Å²) in [5.74, 6) is -5.96. The lowest BCUT2D eigenvalue weighted by atomic mass is 9.44. The van der Waals surface area contributed by atoms with Gasteiger partial charge in [-0.25, -0.2) is 8.78 Å². The van der Waals surface area contributed by atoms with Gasteiger partial charge in [0.2, 0.25) is 23.6 Å². The molecule has 2 unspecified atom stereocenters. The van der Waals surface area contributed by atoms with Gasteiger partial charge < -0.3 is 51.2 Å². The lowest BCUT2D eigenvalue weighted by Gasteiger charge is -2.63. The summed E-state index contributed by atoms with van der Waals surface area (Å²) in [7, 11) is 0. The fourth-order valence-electron chi connectivity index (χ4n) is 12.4. The van der Waals surface area contributed by atoms with Crippen LogP contribution in [-0.2, 0) is 44.7 Å². The topological polar surface area (TPSA) is 250 Å². The third-order valence-electron chi connectivity index (χ3n) is 16.5. The first-order chi connectivity index (χ1) is 35.4. The Bertz CT molecular complexity index is 2610. The number of ketones is 1. The highest BCUT2D eigenvalue weighted by Crippen LogP contribution is 2.73. The number of allylic oxidation sites excluding steroid dienone is 6. The number of carbonyl (C=O) groups is 6. The summed E-state index contributed by atoms with van der Waals surface area (Å²) in [6, 6.07) is 9.70. The smallest absolute Gasteiger partial charge is 0.305 e. The molecule has 2 aromatic carbocycles. The molecule has 0 spiro atoms. The molecule has 2 aromatic rings. The van der Waals surface area contributed by atoms with E-state index in [-0.39, 0.29) is 60.9 Å². The summed E-state index contributed by atoms with van der Waals surface area (Å²) < 4.78 is 47.4. The Hall–Kier alpha value is -5.47. The van der Waals surface area contributed by atoms with E-state index in [1.54, 1.807) is 56.3 Å². The minimum atomic E-state index is -2.25. The SMILES string of the molecule is C/C=C1\C=C[C@@]2(C)C(=C1)[C@@H](F)C[C@H]1[C@@H]3C[C@H]4O[C@@H](c5ccc(Cc6ccc(O)c(NC(=O)[C@H](C)NC(=O)[C@H](C)NC(=O)CCNC(=O)C(CC(=O)O)SC(C)CCCC)c6)cc5)O[C@@]4(C(=O)CO)[C@@]3(C)C[C@H](O)[C@@]12F. The average Bonchev–Trinajstić information content (AvgIpc) is 3.93. The molecule has 5 aliphatic rings. The van der Waals surface area contributed by atoms with Gasteiger partial charge in [0.1, 0.15) is 30.6 Å². The number of fused-ring (bicyclic) bond motifs is 7. The predicted molar refractivity (Wildman–Crippen MR) is 278 cm³/mol. The lowest BCUT2D eigenvalue weighted by molar-refractivity contribution is -0.235. The minimum absolute atomic E-state index is 0.0746. The van der Waals surface area contributed by atoms with E-state index in [2.05, 4.69) is 21.3 Å². The van der Waals surface area contributed by atoms with Crippen LogP contribution in [-0.4, -0.2) is 121 Å². The van der Waals surface area contributed by atoms with Crippen LogP contribution in [0.5, 0.6) is 5.75 Å². The molecule has 7 rings (SSSR count). The van der Waals surface area contributed by atoms with Crippen molar-refractivity contribution in [3.63, 3.8) is 0 Å². The number of alkyl halides is 2. The average molecular weight is 1060 g/mol. The minimum Gasteiger partial charge on any atom is -0.506 e. The Labute approximate surface area is 440 Å². The standard InChI is InChI=1S/C56H72F2N4O12S/c1-8-10-11-30(3)75-43(27-48(68)69)51(72)59-21-19-47(67)60-31(4)49(70)61-32(5)50(71)62-41-24-35(14-17-42(41)64)22-34-12-15-36(16-13-34)52-73-46-26-37-38-25-40(57)39-23-33(9-2)18-20-53(39,6)55(38,58)44(65)28-54(37,7)56(46,74-52)45(66)29-63/h9,12-18,20,23-24,30-32,37-38,40,43-44,46,52,63-65H,8,10-11,19,21-22,25-29H2,1-7H3,(H,59,72)(H,60,67)(H,61,70)(H,62,71)(H,68,69)/b33-9+/t30?,31-,32-,37-,38-,40-,43?,44-,46+,52+,53-,54-,55-,56+/m0/s1. The number of hydrogen-bond acceptors (Lipinski definition) is 12. The second-order valence-electron chi connectivity index (χ2n) is 21.4. The fourth-order valence-corrected chi connectivity index (χ4v) is 13.7. The van der Waals surface area contributed by atoms with E-state index >= 15 is 8.78 Å². The van der Waals surface area contributed by atoms with E-state index in [0.717, 1.165) is 30.4 Å². The van der Waals surface area contributed by atoms with Gasteiger partial charge >= 0.3 is 5.97 Å². The van der Waals surface area contributed by atoms with Crippen molar-refractivity contribution in [1.29, 1.82) is 0 Å². The third-order valence-corrected chi connectivity index (χ3v) is 17.9. The lowest BCUT2D eigenvalue weighted by Crippen LogP contribution is -2.70. The van der Waals surface area contributed by atoms with Crippen LogP contribution in [0.3, 0.4) is 0 Å². The van der Waals surface area contributed by atoms with Crippen LogP contribution in [0.2, 0.25) is 0 Å². The van der Waals surface area contributed by atoms with Crippen molar-refractivity contribution < 1.29 is 67.4 Å². The number of phenols is 1. The van der Waals surface area contributed by atoms with Gasteiger partial charge in [-0.2, -0.15) is 0 Å². The first kappa shape index (κ1) is 57.2. The summed E-state index contributed by atoms with van der Waals surface area (Å²) in [6.45, 7) is 11.1. The van der Waals surface area contributed by atoms with Crippen molar-refractivity contribution in [3.05, 3.63) is 94.6 Å². The number of rotatable bonds is 21. The highest BCUT2D eigenvalue weighted by molar-refractivity contribution is 8.01. The van der Waals surface area contributed by atoms with Gasteiger partial charge in [-0.15, -0.1) is 11.8 Å². The number of carboxylic acids is 1. The van der Waals surface area contributed by atoms with Crippen molar-refractivity contribution in [2.75, 3.05) is 18.5 Å². The van der Waals surface area contributed by atoms with Gasteiger partial charge in [-0.05, 0) is 100 Å². The molecule has 16 nitrogen and oxygen atoms in total. The van der Waals surface area contributed by atoms with E-state index in [9.17, 15) is 49.2 Å². The van der Waals surface area contributed by atoms with Crippen molar-refractivity contribution in [2.24, 2.45) is 22.7 Å². The van der Waals surface area contributed by atoms with Crippen LogP contribution in [0.25, 0.3) is 0 Å². The molecule has 1 heterocycles. The predicted octanol–water partition coefficient (Wildman–Crippen LogP) is 6.61. The monoisotopic (exact) mass is 1060 g/mol. The maximum atomic E-state index is 18.0. The molecule has 0 radical (unpaired) electrons. The number of amides is 4. The van der Waals surface area contributed by atoms with E-state index in [0.29, 0.717) is 17.5 Å². The number of aliphatic hydroxyl groups is 2. The van der Waals surface area contributed by atoms with E-state index in [1.165, 1.54) is 31.7 Å². The molecule has 75 heavy (non-hydrogen) atoms. The number of carbonyl (C=O) groups excluding carboxylic acids is 5. The van der Waals surface area contributed by atoms with E-state index in [4.69, 9.17) is 9.47 Å². The summed E-state index contributed by atoms with van der Waals surface area (Å²) in [5, 5.41) is 51.9. The van der Waals surface area contributed by atoms with Gasteiger partial charge in [0.15, 0.2) is 23.3 Å². The quantitative estimate of drug-likeness (QED) is 0.0614. The highest BCUT2D eigenvalue weighted by atomic mass is 32.2. The number of thioether (sulfide) groups is 1. The van der Waals surface area contributed by atoms with E-state index in [1.807, 2.05) is 39.0 Å². The van der Waals surface area contributed by atoms with E-state index < -0.39 is 118 Å². The first-order valence-corrected chi connectivity index (χ1v) is 26.9. The molecule has 4 fully saturated rings. The van der Waals surface area contributed by atoms with Crippen LogP contribution < -0.4 is 21.3 Å². The number of carboxylic acid groups (broad SMARTS) is 1. The molecule has 4 aliphatic carbocycles. The van der Waals surface area contributed by atoms with Crippen molar-refractivity contribution >= 4 is 52.8 Å². The normalized spacial score (nSPS) is 31.6. The number of unbranched alkanes of at least 4 members (excludes halogenated alkanes) is 1. The van der Waals surface area contributed by atoms with Crippen molar-refractivity contribution in [2.45, 2.75) is 165 Å². The Morgan fingerprint density at radius 1 is 0.947 bits per heavy atom. The molecule has 4 amide bonds. The molecular formula is C56H72F2N4O12S. The number of anilines is 1. The molecule has 8 N–H and O–H groups in total. The molecule has 0 bridgehead atoms. The van der Waals surface area contributed by atoms with Gasteiger partial charge in [0.25, 0.3) is 0 Å². The van der Waals surface area contributed by atoms with Gasteiger partial charge in [0.05, 0.1) is 29.6 Å². The Balaban J connectivity index is 0.930. The maximum Gasteiger partial charge on any atom is 0.305 e. The second kappa shape index (κ2) is 23.0. The molecule has 1 aliphatic heterocycles. The highest BCUT2D eigenvalue weighted by Gasteiger charge is 2.80. The van der Waals surface area contributed by atoms with Gasteiger partial charge in [0, 0.05) is 40.5 Å². The van der Waals surface area contributed by atoms with Crippen molar-refractivity contribution in [1.82, 2.24) is 16.0 Å². The summed E-state index contributed by atoms with van der Waals surface area (Å²) in [6.07, 6.45) is 4.18. The van der Waals surface area contributed by atoms with Crippen LogP contribution in [0, 0.1) is 22.7 Å². The van der Waals surface area contributed by atoms with Crippen LogP contribution >= 0.6 is 11.8 Å². The number of phenolic OH excluding ortho intramolecular Hbond substituents is 1. The number of ether oxygens (including phenoxy) is 2. The zero-order chi connectivity index (χ0) is 54.8. The zero-order valence-corrected chi connectivity index (χ0v) is 44.4.